The van der Waals surface area contributed by atoms with E-state index in [1.165, 1.54) is 0 Å². The minimum atomic E-state index is -1.06. The number of benzene rings is 1. The maximum absolute atomic E-state index is 14.3. The van der Waals surface area contributed by atoms with E-state index < -0.39 is 5.54 Å². The summed E-state index contributed by atoms with van der Waals surface area (Å²) in [6.45, 7) is 2.48. The molecule has 0 spiro atoms. The number of aromatic nitrogens is 2. The van der Waals surface area contributed by atoms with Gasteiger partial charge in [-0.25, -0.2) is 0 Å². The van der Waals surface area contributed by atoms with Crippen LogP contribution in [0.3, 0.4) is 0 Å². The zero-order valence-electron chi connectivity index (χ0n) is 19.2. The Hall–Kier alpha value is -3.74. The van der Waals surface area contributed by atoms with E-state index in [-0.39, 0.29) is 24.4 Å². The Morgan fingerprint density at radius 1 is 1.09 bits per heavy atom. The Balaban J connectivity index is 1.52. The second-order valence-electron chi connectivity index (χ2n) is 9.59. The average Bonchev–Trinajstić information content (AvgIpc) is 3.64. The van der Waals surface area contributed by atoms with E-state index in [1.807, 2.05) is 77.0 Å². The van der Waals surface area contributed by atoms with E-state index in [1.54, 1.807) is 11.2 Å². The maximum atomic E-state index is 14.3. The molecule has 1 fully saturated rings. The predicted molar refractivity (Wildman–Crippen MR) is 129 cm³/mol. The first-order valence-corrected chi connectivity index (χ1v) is 12.0. The summed E-state index contributed by atoms with van der Waals surface area (Å²) < 4.78 is 9.62. The van der Waals surface area contributed by atoms with Gasteiger partial charge in [-0.2, -0.15) is 0 Å². The lowest BCUT2D eigenvalue weighted by Crippen LogP contribution is -2.64. The Bertz CT molecular complexity index is 1350. The summed E-state index contributed by atoms with van der Waals surface area (Å²) in [6, 6.07) is 15.7. The van der Waals surface area contributed by atoms with Crippen LogP contribution in [0.4, 0.5) is 0 Å². The molecule has 4 heterocycles. The fraction of sp³-hybridized carbons (Fsp3) is 0.333. The maximum Gasteiger partial charge on any atom is 0.274 e. The molecular formula is C27H28N4O3. The molecule has 2 amide bonds. The molecule has 7 nitrogen and oxygen atoms in total. The molecule has 0 radical (unpaired) electrons. The van der Waals surface area contributed by atoms with Gasteiger partial charge in [0.15, 0.2) is 0 Å². The third-order valence-corrected chi connectivity index (χ3v) is 7.39. The molecule has 1 atom stereocenters. The normalized spacial score (nSPS) is 20.7. The van der Waals surface area contributed by atoms with Crippen molar-refractivity contribution in [3.63, 3.8) is 0 Å². The van der Waals surface area contributed by atoms with Crippen molar-refractivity contribution in [3.05, 3.63) is 78.6 Å². The number of amides is 2. The van der Waals surface area contributed by atoms with E-state index in [2.05, 4.69) is 5.32 Å². The van der Waals surface area contributed by atoms with E-state index in [4.69, 9.17) is 4.42 Å². The number of para-hydroxylation sites is 1. The van der Waals surface area contributed by atoms with Gasteiger partial charge in [-0.3, -0.25) is 9.59 Å². The van der Waals surface area contributed by atoms with Gasteiger partial charge in [0.05, 0.1) is 30.6 Å². The van der Waals surface area contributed by atoms with Crippen molar-refractivity contribution in [2.24, 2.45) is 0 Å². The smallest absolute Gasteiger partial charge is 0.274 e. The molecule has 1 aliphatic carbocycles. The van der Waals surface area contributed by atoms with Gasteiger partial charge in [-0.1, -0.05) is 31.0 Å². The number of fused-ring (bicyclic) bond motifs is 3. The summed E-state index contributed by atoms with van der Waals surface area (Å²) in [5, 5.41) is 4.24. The number of carbonyl (C=O) groups excluding carboxylic acids is 2. The van der Waals surface area contributed by atoms with Gasteiger partial charge >= 0.3 is 0 Å². The monoisotopic (exact) mass is 456 g/mol. The molecule has 34 heavy (non-hydrogen) atoms. The minimum Gasteiger partial charge on any atom is -0.467 e. The Kier molecular flexibility index (Phi) is 4.86. The van der Waals surface area contributed by atoms with Gasteiger partial charge in [0.2, 0.25) is 5.91 Å². The molecule has 1 aromatic carbocycles. The number of hydrogen-bond donors (Lipinski definition) is 1. The summed E-state index contributed by atoms with van der Waals surface area (Å²) >= 11 is 0. The highest BCUT2D eigenvalue weighted by atomic mass is 16.3. The van der Waals surface area contributed by atoms with Gasteiger partial charge in [0.1, 0.15) is 17.0 Å². The molecule has 2 aliphatic rings. The molecule has 1 saturated carbocycles. The number of hydrogen-bond acceptors (Lipinski definition) is 3. The fourth-order valence-electron chi connectivity index (χ4n) is 5.57. The lowest BCUT2D eigenvalue weighted by molar-refractivity contribution is -0.134. The van der Waals surface area contributed by atoms with Crippen LogP contribution in [0.25, 0.3) is 16.6 Å². The van der Waals surface area contributed by atoms with Crippen molar-refractivity contribution < 1.29 is 14.0 Å². The van der Waals surface area contributed by atoms with Gasteiger partial charge < -0.3 is 23.8 Å². The van der Waals surface area contributed by atoms with Crippen LogP contribution in [0, 0.1) is 0 Å². The van der Waals surface area contributed by atoms with E-state index in [9.17, 15) is 9.59 Å². The van der Waals surface area contributed by atoms with Gasteiger partial charge in [0, 0.05) is 23.8 Å². The van der Waals surface area contributed by atoms with Gasteiger partial charge in [0.25, 0.3) is 5.91 Å². The number of carbonyl (C=O) groups is 2. The lowest BCUT2D eigenvalue weighted by Gasteiger charge is -2.44. The van der Waals surface area contributed by atoms with Crippen LogP contribution in [0.2, 0.25) is 0 Å². The summed E-state index contributed by atoms with van der Waals surface area (Å²) in [6.07, 6.45) is 9.74. The first-order chi connectivity index (χ1) is 16.6. The number of nitrogens with one attached hydrogen (secondary N) is 1. The Morgan fingerprint density at radius 3 is 2.59 bits per heavy atom. The molecule has 7 heteroatoms. The van der Waals surface area contributed by atoms with Crippen molar-refractivity contribution in [1.82, 2.24) is 19.4 Å². The van der Waals surface area contributed by atoms with Gasteiger partial charge in [-0.15, -0.1) is 0 Å². The third kappa shape index (κ3) is 3.18. The SMILES string of the molecule is C[C@@]1(C(=O)NC2CCCC2)Cn2c(c(-n3cccc3)c3ccccc32)C(=O)N1Cc1ccco1. The third-order valence-electron chi connectivity index (χ3n) is 7.39. The molecule has 0 bridgehead atoms. The number of furan rings is 1. The quantitative estimate of drug-likeness (QED) is 0.481. The van der Waals surface area contributed by atoms with Crippen molar-refractivity contribution in [1.29, 1.82) is 0 Å². The zero-order valence-corrected chi connectivity index (χ0v) is 19.2. The highest BCUT2D eigenvalue weighted by molar-refractivity contribution is 6.08. The van der Waals surface area contributed by atoms with E-state index in [0.717, 1.165) is 42.3 Å². The summed E-state index contributed by atoms with van der Waals surface area (Å²) in [4.78, 5) is 29.7. The van der Waals surface area contributed by atoms with Crippen LogP contribution in [-0.4, -0.2) is 37.4 Å². The van der Waals surface area contributed by atoms with Crippen LogP contribution < -0.4 is 5.32 Å². The molecule has 1 N–H and O–H groups in total. The first-order valence-electron chi connectivity index (χ1n) is 12.0. The molecule has 0 unspecified atom stereocenters. The Morgan fingerprint density at radius 2 is 1.85 bits per heavy atom. The first kappa shape index (κ1) is 20.8. The predicted octanol–water partition coefficient (Wildman–Crippen LogP) is 4.50. The lowest BCUT2D eigenvalue weighted by atomic mass is 9.93. The molecule has 3 aromatic heterocycles. The highest BCUT2D eigenvalue weighted by Crippen LogP contribution is 2.38. The largest absolute Gasteiger partial charge is 0.467 e. The van der Waals surface area contributed by atoms with Crippen LogP contribution in [0.15, 0.2) is 71.6 Å². The van der Waals surface area contributed by atoms with Crippen LogP contribution >= 0.6 is 0 Å². The van der Waals surface area contributed by atoms with Crippen LogP contribution in [-0.2, 0) is 17.9 Å². The van der Waals surface area contributed by atoms with Crippen LogP contribution in [0.5, 0.6) is 0 Å². The van der Waals surface area contributed by atoms with Gasteiger partial charge in [-0.05, 0) is 50.1 Å². The summed E-state index contributed by atoms with van der Waals surface area (Å²) in [5.74, 6) is 0.372. The second-order valence-corrected chi connectivity index (χ2v) is 9.59. The molecule has 6 rings (SSSR count). The molecular weight excluding hydrogens is 428 g/mol. The standard InChI is InChI=1S/C27H28N4O3/c1-27(26(33)28-19-9-2-3-10-19)18-30-22-13-5-4-12-21(22)23(29-14-6-7-15-29)24(30)25(32)31(27)17-20-11-8-16-34-20/h4-8,11-16,19H,2-3,9-10,17-18H2,1H3,(H,28,33)/t27-/m0/s1. The highest BCUT2D eigenvalue weighted by Gasteiger charge is 2.49. The number of rotatable bonds is 5. The molecule has 4 aromatic rings. The minimum absolute atomic E-state index is 0.106. The molecule has 174 valence electrons. The van der Waals surface area contributed by atoms with Crippen molar-refractivity contribution in [2.45, 2.75) is 57.3 Å². The zero-order chi connectivity index (χ0) is 23.3. The topological polar surface area (TPSA) is 72.4 Å². The molecule has 0 saturated heterocycles. The van der Waals surface area contributed by atoms with Crippen molar-refractivity contribution >= 4 is 22.7 Å². The Labute approximate surface area is 197 Å². The average molecular weight is 457 g/mol. The second kappa shape index (κ2) is 7.94. The summed E-state index contributed by atoms with van der Waals surface area (Å²) in [7, 11) is 0. The fourth-order valence-corrected chi connectivity index (χ4v) is 5.57. The molecule has 1 aliphatic heterocycles. The van der Waals surface area contributed by atoms with Crippen molar-refractivity contribution in [2.75, 3.05) is 0 Å². The van der Waals surface area contributed by atoms with E-state index in [0.29, 0.717) is 18.0 Å². The number of nitrogens with zero attached hydrogens (tertiary/aromatic N) is 3. The van der Waals surface area contributed by atoms with Crippen molar-refractivity contribution in [3.8, 4) is 5.69 Å². The van der Waals surface area contributed by atoms with Crippen LogP contribution in [0.1, 0.15) is 48.9 Å². The van der Waals surface area contributed by atoms with E-state index >= 15 is 0 Å². The summed E-state index contributed by atoms with van der Waals surface area (Å²) in [5.41, 5.74) is 1.32.